The van der Waals surface area contributed by atoms with Gasteiger partial charge in [0.2, 0.25) is 0 Å². The Morgan fingerprint density at radius 2 is 2.07 bits per heavy atom. The molecule has 2 atom stereocenters. The average Bonchev–Trinajstić information content (AvgIpc) is 2.71. The summed E-state index contributed by atoms with van der Waals surface area (Å²) in [4.78, 5) is 24.2. The van der Waals surface area contributed by atoms with Crippen LogP contribution in [0.2, 0.25) is 0 Å². The number of aryl methyl sites for hydroxylation is 1. The van der Waals surface area contributed by atoms with Crippen LogP contribution in [0.3, 0.4) is 0 Å². The summed E-state index contributed by atoms with van der Waals surface area (Å²) in [5.74, 6) is -1.57. The van der Waals surface area contributed by atoms with Crippen molar-refractivity contribution in [3.63, 3.8) is 0 Å². The highest BCUT2D eigenvalue weighted by atomic mass is 19.1. The van der Waals surface area contributed by atoms with E-state index in [-0.39, 0.29) is 31.4 Å². The van der Waals surface area contributed by atoms with Crippen LogP contribution in [0.25, 0.3) is 10.8 Å². The number of ketones is 1. The van der Waals surface area contributed by atoms with E-state index in [1.54, 1.807) is 18.2 Å². The third kappa shape index (κ3) is 3.86. The fourth-order valence-electron chi connectivity index (χ4n) is 3.56. The molecule has 1 aliphatic heterocycles. The lowest BCUT2D eigenvalue weighted by Gasteiger charge is -2.28. The van der Waals surface area contributed by atoms with Crippen molar-refractivity contribution in [3.8, 4) is 5.75 Å². The molecule has 0 aliphatic carbocycles. The molecular weight excluding hydrogens is 367 g/mol. The van der Waals surface area contributed by atoms with Gasteiger partial charge in [0.15, 0.2) is 12.6 Å². The molecule has 1 aliphatic rings. The van der Waals surface area contributed by atoms with E-state index in [9.17, 15) is 14.0 Å². The van der Waals surface area contributed by atoms with Crippen LogP contribution in [-0.2, 0) is 30.2 Å². The molecule has 6 nitrogen and oxygen atoms in total. The third-order valence-electron chi connectivity index (χ3n) is 4.94. The second-order valence-electron chi connectivity index (χ2n) is 6.61. The number of methoxy groups -OCH3 is 2. The van der Waals surface area contributed by atoms with Crippen LogP contribution in [0, 0.1) is 11.7 Å². The maximum absolute atomic E-state index is 14.4. The van der Waals surface area contributed by atoms with Gasteiger partial charge in [-0.25, -0.2) is 4.39 Å². The highest BCUT2D eigenvalue weighted by molar-refractivity contribution is 6.00. The quantitative estimate of drug-likeness (QED) is 0.428. The first-order valence-electron chi connectivity index (χ1n) is 9.09. The van der Waals surface area contributed by atoms with Crippen LogP contribution in [0.4, 0.5) is 4.39 Å². The van der Waals surface area contributed by atoms with Crippen molar-refractivity contribution in [2.45, 2.75) is 25.9 Å². The Morgan fingerprint density at radius 1 is 1.29 bits per heavy atom. The maximum Gasteiger partial charge on any atom is 0.318 e. The summed E-state index contributed by atoms with van der Waals surface area (Å²) in [6, 6.07) is 6.65. The predicted molar refractivity (Wildman–Crippen MR) is 99.6 cm³/mol. The van der Waals surface area contributed by atoms with Gasteiger partial charge in [0.05, 0.1) is 19.8 Å². The average molecular weight is 390 g/mol. The Labute approximate surface area is 162 Å². The van der Waals surface area contributed by atoms with Gasteiger partial charge in [-0.2, -0.15) is 0 Å². The van der Waals surface area contributed by atoms with Crippen molar-refractivity contribution in [1.29, 1.82) is 0 Å². The molecule has 7 heteroatoms. The zero-order valence-corrected chi connectivity index (χ0v) is 16.1. The summed E-state index contributed by atoms with van der Waals surface area (Å²) in [5, 5.41) is 1.49. The van der Waals surface area contributed by atoms with Gasteiger partial charge in [0.25, 0.3) is 0 Å². The van der Waals surface area contributed by atoms with Crippen molar-refractivity contribution >= 4 is 22.5 Å². The van der Waals surface area contributed by atoms with Gasteiger partial charge < -0.3 is 18.9 Å². The lowest BCUT2D eigenvalue weighted by Crippen LogP contribution is -2.36. The molecule has 2 aromatic rings. The molecule has 1 heterocycles. The number of rotatable bonds is 6. The zero-order valence-electron chi connectivity index (χ0n) is 16.1. The highest BCUT2D eigenvalue weighted by Gasteiger charge is 2.36. The van der Waals surface area contributed by atoms with Crippen molar-refractivity contribution in [1.82, 2.24) is 0 Å². The van der Waals surface area contributed by atoms with Crippen molar-refractivity contribution in [2.24, 2.45) is 5.92 Å². The molecule has 150 valence electrons. The summed E-state index contributed by atoms with van der Waals surface area (Å²) < 4.78 is 35.5. The van der Waals surface area contributed by atoms with Gasteiger partial charge >= 0.3 is 5.97 Å². The van der Waals surface area contributed by atoms with Crippen molar-refractivity contribution < 1.29 is 32.9 Å². The first-order chi connectivity index (χ1) is 13.5. The fourth-order valence-corrected chi connectivity index (χ4v) is 3.56. The van der Waals surface area contributed by atoms with Gasteiger partial charge in [0.1, 0.15) is 17.5 Å². The predicted octanol–water partition coefficient (Wildman–Crippen LogP) is 3.34. The number of hydrogen-bond acceptors (Lipinski definition) is 6. The fraction of sp³-hybridized carbons (Fsp3) is 0.429. The van der Waals surface area contributed by atoms with E-state index in [2.05, 4.69) is 4.74 Å². The number of Topliss-reactive ketones (excluding diaryl/α,β-unsaturated/α-hetero) is 1. The Kier molecular flexibility index (Phi) is 6.26. The van der Waals surface area contributed by atoms with Gasteiger partial charge in [-0.1, -0.05) is 13.0 Å². The number of esters is 1. The van der Waals surface area contributed by atoms with Gasteiger partial charge in [0, 0.05) is 13.5 Å². The highest BCUT2D eigenvalue weighted by Crippen LogP contribution is 2.38. The number of fused-ring (bicyclic) bond motifs is 1. The van der Waals surface area contributed by atoms with Crippen molar-refractivity contribution in [3.05, 3.63) is 41.2 Å². The van der Waals surface area contributed by atoms with Crippen LogP contribution in [0.15, 0.2) is 24.3 Å². The molecule has 0 saturated carbocycles. The van der Waals surface area contributed by atoms with Crippen LogP contribution < -0.4 is 4.74 Å². The second kappa shape index (κ2) is 8.67. The van der Waals surface area contributed by atoms with Crippen LogP contribution in [-0.4, -0.2) is 39.4 Å². The van der Waals surface area contributed by atoms with E-state index in [0.717, 1.165) is 5.39 Å². The molecule has 3 rings (SSSR count). The van der Waals surface area contributed by atoms with E-state index < -0.39 is 18.0 Å². The van der Waals surface area contributed by atoms with E-state index >= 15 is 0 Å². The van der Waals surface area contributed by atoms with Crippen LogP contribution in [0.1, 0.15) is 30.6 Å². The summed E-state index contributed by atoms with van der Waals surface area (Å²) in [6.45, 7) is 1.86. The third-order valence-corrected chi connectivity index (χ3v) is 4.94. The molecule has 0 spiro atoms. The molecule has 0 aromatic heterocycles. The lowest BCUT2D eigenvalue weighted by atomic mass is 9.88. The van der Waals surface area contributed by atoms with E-state index in [4.69, 9.17) is 14.2 Å². The minimum atomic E-state index is -0.928. The standard InChI is InChI=1S/C21H23FO6/c1-4-14-17(22)6-5-12-7-13(28-11-25-2)8-15(20(12)14)19-9-18(23)16(10-27-19)21(24)26-3/h5-8,16,19H,4,9-11H2,1-3H3. The van der Waals surface area contributed by atoms with Gasteiger partial charge in [-0.15, -0.1) is 0 Å². The molecule has 0 bridgehead atoms. The number of benzene rings is 2. The molecule has 0 radical (unpaired) electrons. The SMILES string of the molecule is CCc1c(F)ccc2cc(OCOC)cc(C3CC(=O)C(C(=O)OC)CO3)c12. The van der Waals surface area contributed by atoms with Crippen LogP contribution in [0.5, 0.6) is 5.75 Å². The summed E-state index contributed by atoms with van der Waals surface area (Å²) in [5.41, 5.74) is 1.22. The summed E-state index contributed by atoms with van der Waals surface area (Å²) in [6.07, 6.45) is -0.114. The smallest absolute Gasteiger partial charge is 0.318 e. The summed E-state index contributed by atoms with van der Waals surface area (Å²) >= 11 is 0. The lowest BCUT2D eigenvalue weighted by molar-refractivity contribution is -0.158. The monoisotopic (exact) mass is 390 g/mol. The molecule has 0 amide bonds. The second-order valence-corrected chi connectivity index (χ2v) is 6.61. The molecule has 1 fully saturated rings. The van der Waals surface area contributed by atoms with Crippen molar-refractivity contribution in [2.75, 3.05) is 27.6 Å². The van der Waals surface area contributed by atoms with Gasteiger partial charge in [-0.3, -0.25) is 9.59 Å². The Bertz CT molecular complexity index is 894. The molecule has 2 unspecified atom stereocenters. The largest absolute Gasteiger partial charge is 0.468 e. The topological polar surface area (TPSA) is 71.1 Å². The minimum absolute atomic E-state index is 0.00225. The number of carbonyl (C=O) groups is 2. The molecular formula is C21H23FO6. The van der Waals surface area contributed by atoms with E-state index in [1.807, 2.05) is 6.92 Å². The number of carbonyl (C=O) groups excluding carboxylic acids is 2. The Hall–Kier alpha value is -2.51. The minimum Gasteiger partial charge on any atom is -0.468 e. The van der Waals surface area contributed by atoms with E-state index in [1.165, 1.54) is 20.3 Å². The first-order valence-corrected chi connectivity index (χ1v) is 9.09. The molecule has 2 aromatic carbocycles. The molecule has 1 saturated heterocycles. The first kappa shape index (κ1) is 20.2. The van der Waals surface area contributed by atoms with E-state index in [0.29, 0.717) is 28.7 Å². The molecule has 0 N–H and O–H groups in total. The number of halogens is 1. The Balaban J connectivity index is 2.06. The maximum atomic E-state index is 14.4. The van der Waals surface area contributed by atoms with Gasteiger partial charge in [-0.05, 0) is 46.5 Å². The number of hydrogen-bond donors (Lipinski definition) is 0. The number of ether oxygens (including phenoxy) is 4. The summed E-state index contributed by atoms with van der Waals surface area (Å²) in [7, 11) is 2.75. The zero-order chi connectivity index (χ0) is 20.3. The van der Waals surface area contributed by atoms with Crippen LogP contribution >= 0.6 is 0 Å². The Morgan fingerprint density at radius 3 is 2.71 bits per heavy atom. The molecule has 28 heavy (non-hydrogen) atoms. The normalized spacial score (nSPS) is 19.6.